The predicted molar refractivity (Wildman–Crippen MR) is 89.7 cm³/mol. The quantitative estimate of drug-likeness (QED) is 0.773. The molecule has 0 aliphatic heterocycles. The number of ether oxygens (including phenoxy) is 1. The summed E-state index contributed by atoms with van der Waals surface area (Å²) in [6.45, 7) is 0. The second kappa shape index (κ2) is 7.72. The Morgan fingerprint density at radius 2 is 2.00 bits per heavy atom. The van der Waals surface area contributed by atoms with E-state index in [1.54, 1.807) is 7.11 Å². The van der Waals surface area contributed by atoms with Crippen LogP contribution in [0, 0.1) is 0 Å². The fourth-order valence-electron chi connectivity index (χ4n) is 1.94. The van der Waals surface area contributed by atoms with E-state index >= 15 is 0 Å². The molecule has 106 valence electrons. The number of methoxy groups -OCH3 is 1. The fourth-order valence-corrected chi connectivity index (χ4v) is 3.59. The maximum Gasteiger partial charge on any atom is 0.119 e. The molecule has 2 nitrogen and oxygen atoms in total. The normalized spacial score (nSPS) is 12.2. The Hall–Kier alpha value is -0.970. The van der Waals surface area contributed by atoms with E-state index < -0.39 is 0 Å². The average molecular weight is 352 g/mol. The van der Waals surface area contributed by atoms with E-state index in [4.69, 9.17) is 4.74 Å². The Balaban J connectivity index is 2.05. The van der Waals surface area contributed by atoms with Crippen molar-refractivity contribution in [1.82, 2.24) is 5.32 Å². The van der Waals surface area contributed by atoms with Crippen molar-refractivity contribution in [3.8, 4) is 5.75 Å². The highest BCUT2D eigenvalue weighted by Gasteiger charge is 2.10. The molecule has 0 fully saturated rings. The van der Waals surface area contributed by atoms with Gasteiger partial charge < -0.3 is 10.1 Å². The average Bonchev–Trinajstić information content (AvgIpc) is 2.48. The standard InChI is InChI=1S/C16H18BrNOS/c1-18-16(12-5-3-7-14(9-12)19-2)11-20-15-8-4-6-13(17)10-15/h3-10,16,18H,11H2,1-2H3. The monoisotopic (exact) mass is 351 g/mol. The van der Waals surface area contributed by atoms with Crippen LogP contribution in [0.25, 0.3) is 0 Å². The molecule has 0 aliphatic rings. The second-order valence-electron chi connectivity index (χ2n) is 4.39. The molecule has 1 N–H and O–H groups in total. The largest absolute Gasteiger partial charge is 0.497 e. The molecule has 0 bridgehead atoms. The number of hydrogen-bond acceptors (Lipinski definition) is 3. The summed E-state index contributed by atoms with van der Waals surface area (Å²) in [6.07, 6.45) is 0. The third-order valence-corrected chi connectivity index (χ3v) is 4.64. The van der Waals surface area contributed by atoms with Crippen LogP contribution in [0.1, 0.15) is 11.6 Å². The second-order valence-corrected chi connectivity index (χ2v) is 6.40. The molecule has 0 aromatic heterocycles. The Morgan fingerprint density at radius 1 is 1.20 bits per heavy atom. The van der Waals surface area contributed by atoms with E-state index in [0.717, 1.165) is 16.0 Å². The van der Waals surface area contributed by atoms with E-state index in [2.05, 4.69) is 51.6 Å². The van der Waals surface area contributed by atoms with Gasteiger partial charge in [-0.15, -0.1) is 11.8 Å². The summed E-state index contributed by atoms with van der Waals surface area (Å²) in [5.74, 6) is 1.87. The van der Waals surface area contributed by atoms with Crippen LogP contribution < -0.4 is 10.1 Å². The molecule has 1 unspecified atom stereocenters. The van der Waals surface area contributed by atoms with Crippen LogP contribution in [-0.4, -0.2) is 19.9 Å². The molecule has 2 aromatic rings. The summed E-state index contributed by atoms with van der Waals surface area (Å²) in [5, 5.41) is 3.37. The van der Waals surface area contributed by atoms with Crippen molar-refractivity contribution in [1.29, 1.82) is 0 Å². The van der Waals surface area contributed by atoms with Gasteiger partial charge in [0.2, 0.25) is 0 Å². The number of halogens is 1. The van der Waals surface area contributed by atoms with Gasteiger partial charge in [0.15, 0.2) is 0 Å². The minimum Gasteiger partial charge on any atom is -0.497 e. The van der Waals surface area contributed by atoms with Gasteiger partial charge >= 0.3 is 0 Å². The highest BCUT2D eigenvalue weighted by Crippen LogP contribution is 2.27. The third kappa shape index (κ3) is 4.27. The highest BCUT2D eigenvalue weighted by atomic mass is 79.9. The molecule has 4 heteroatoms. The number of thioether (sulfide) groups is 1. The number of benzene rings is 2. The highest BCUT2D eigenvalue weighted by molar-refractivity contribution is 9.10. The first kappa shape index (κ1) is 15.4. The Kier molecular flexibility index (Phi) is 5.95. The van der Waals surface area contributed by atoms with Crippen molar-refractivity contribution >= 4 is 27.7 Å². The maximum absolute atomic E-state index is 5.29. The smallest absolute Gasteiger partial charge is 0.119 e. The zero-order valence-corrected chi connectivity index (χ0v) is 14.0. The van der Waals surface area contributed by atoms with Crippen molar-refractivity contribution in [2.24, 2.45) is 0 Å². The minimum absolute atomic E-state index is 0.300. The molecule has 0 saturated heterocycles. The summed E-state index contributed by atoms with van der Waals surface area (Å²) in [4.78, 5) is 1.27. The Labute approximate surface area is 133 Å². The van der Waals surface area contributed by atoms with Gasteiger partial charge in [-0.3, -0.25) is 0 Å². The van der Waals surface area contributed by atoms with Crippen LogP contribution in [0.3, 0.4) is 0 Å². The molecule has 2 rings (SSSR count). The van der Waals surface area contributed by atoms with Gasteiger partial charge in [0.25, 0.3) is 0 Å². The molecular weight excluding hydrogens is 334 g/mol. The van der Waals surface area contributed by atoms with E-state index in [0.29, 0.717) is 6.04 Å². The lowest BCUT2D eigenvalue weighted by molar-refractivity contribution is 0.413. The lowest BCUT2D eigenvalue weighted by atomic mass is 10.1. The molecule has 0 saturated carbocycles. The van der Waals surface area contributed by atoms with Crippen molar-refractivity contribution in [3.05, 3.63) is 58.6 Å². The van der Waals surface area contributed by atoms with Crippen LogP contribution >= 0.6 is 27.7 Å². The molecule has 1 atom stereocenters. The zero-order chi connectivity index (χ0) is 14.4. The molecular formula is C16H18BrNOS. The van der Waals surface area contributed by atoms with Crippen molar-refractivity contribution in [3.63, 3.8) is 0 Å². The van der Waals surface area contributed by atoms with E-state index in [1.807, 2.05) is 37.0 Å². The van der Waals surface area contributed by atoms with Gasteiger partial charge in [-0.05, 0) is 42.9 Å². The fraction of sp³-hybridized carbons (Fsp3) is 0.250. The van der Waals surface area contributed by atoms with Crippen LogP contribution in [0.2, 0.25) is 0 Å². The molecule has 0 amide bonds. The molecule has 0 radical (unpaired) electrons. The molecule has 0 heterocycles. The minimum atomic E-state index is 0.300. The molecule has 0 spiro atoms. The molecule has 0 aliphatic carbocycles. The SMILES string of the molecule is CNC(CSc1cccc(Br)c1)c1cccc(OC)c1. The van der Waals surface area contributed by atoms with E-state index in [1.165, 1.54) is 10.5 Å². The summed E-state index contributed by atoms with van der Waals surface area (Å²) < 4.78 is 6.40. The topological polar surface area (TPSA) is 21.3 Å². The summed E-state index contributed by atoms with van der Waals surface area (Å²) in [6, 6.07) is 16.9. The Morgan fingerprint density at radius 3 is 2.70 bits per heavy atom. The number of nitrogens with one attached hydrogen (secondary N) is 1. The van der Waals surface area contributed by atoms with Crippen molar-refractivity contribution < 1.29 is 4.74 Å². The molecule has 20 heavy (non-hydrogen) atoms. The van der Waals surface area contributed by atoms with Crippen molar-refractivity contribution in [2.75, 3.05) is 19.9 Å². The van der Waals surface area contributed by atoms with Gasteiger partial charge in [0.05, 0.1) is 7.11 Å². The van der Waals surface area contributed by atoms with Gasteiger partial charge in [0, 0.05) is 21.2 Å². The lowest BCUT2D eigenvalue weighted by Gasteiger charge is -2.17. The summed E-state index contributed by atoms with van der Waals surface area (Å²) >= 11 is 5.35. The first-order valence-corrected chi connectivity index (χ1v) is 8.20. The van der Waals surface area contributed by atoms with Crippen LogP contribution in [0.5, 0.6) is 5.75 Å². The lowest BCUT2D eigenvalue weighted by Crippen LogP contribution is -2.18. The zero-order valence-electron chi connectivity index (χ0n) is 11.6. The first-order valence-electron chi connectivity index (χ1n) is 6.42. The Bertz CT molecular complexity index is 562. The predicted octanol–water partition coefficient (Wildman–Crippen LogP) is 4.51. The van der Waals surface area contributed by atoms with Gasteiger partial charge in [0.1, 0.15) is 5.75 Å². The summed E-state index contributed by atoms with van der Waals surface area (Å²) in [7, 11) is 3.69. The van der Waals surface area contributed by atoms with Gasteiger partial charge in [-0.25, -0.2) is 0 Å². The van der Waals surface area contributed by atoms with Crippen LogP contribution in [0.4, 0.5) is 0 Å². The van der Waals surface area contributed by atoms with Gasteiger partial charge in [-0.1, -0.05) is 34.1 Å². The maximum atomic E-state index is 5.29. The number of rotatable bonds is 6. The number of hydrogen-bond donors (Lipinski definition) is 1. The molecule has 2 aromatic carbocycles. The third-order valence-electron chi connectivity index (χ3n) is 3.06. The van der Waals surface area contributed by atoms with Crippen molar-refractivity contribution in [2.45, 2.75) is 10.9 Å². The summed E-state index contributed by atoms with van der Waals surface area (Å²) in [5.41, 5.74) is 1.24. The van der Waals surface area contributed by atoms with E-state index in [9.17, 15) is 0 Å². The van der Waals surface area contributed by atoms with Gasteiger partial charge in [-0.2, -0.15) is 0 Å². The first-order chi connectivity index (χ1) is 9.72. The van der Waals surface area contributed by atoms with Crippen LogP contribution in [0.15, 0.2) is 57.9 Å². The van der Waals surface area contributed by atoms with E-state index in [-0.39, 0.29) is 0 Å². The van der Waals surface area contributed by atoms with Crippen LogP contribution in [-0.2, 0) is 0 Å².